The van der Waals surface area contributed by atoms with Gasteiger partial charge < -0.3 is 15.0 Å². The Labute approximate surface area is 167 Å². The molecule has 0 aliphatic carbocycles. The van der Waals surface area contributed by atoms with Crippen LogP contribution in [0, 0.1) is 0 Å². The fourth-order valence-corrected chi connectivity index (χ4v) is 3.57. The highest BCUT2D eigenvalue weighted by atomic mass is 32.1. The van der Waals surface area contributed by atoms with Crippen molar-refractivity contribution < 1.29 is 4.74 Å². The van der Waals surface area contributed by atoms with Gasteiger partial charge in [-0.3, -0.25) is 4.99 Å². The van der Waals surface area contributed by atoms with Gasteiger partial charge >= 0.3 is 0 Å². The maximum Gasteiger partial charge on any atom is 0.194 e. The Hall–Kier alpha value is -1.92. The van der Waals surface area contributed by atoms with Crippen molar-refractivity contribution in [3.05, 3.63) is 52.0 Å². The molecule has 0 bridgehead atoms. The van der Waals surface area contributed by atoms with E-state index in [0.717, 1.165) is 23.2 Å². The van der Waals surface area contributed by atoms with Gasteiger partial charge in [-0.1, -0.05) is 44.2 Å². The highest BCUT2D eigenvalue weighted by Crippen LogP contribution is 2.23. The number of nitrogens with one attached hydrogen (secondary N) is 1. The van der Waals surface area contributed by atoms with Gasteiger partial charge in [0, 0.05) is 31.5 Å². The second-order valence-corrected chi connectivity index (χ2v) is 8.22. The van der Waals surface area contributed by atoms with Crippen LogP contribution in [0.4, 0.5) is 0 Å². The molecule has 0 amide bonds. The van der Waals surface area contributed by atoms with Crippen LogP contribution in [0.2, 0.25) is 0 Å². The summed E-state index contributed by atoms with van der Waals surface area (Å²) in [5.41, 5.74) is 2.31. The normalized spacial score (nSPS) is 13.5. The molecule has 1 N–H and O–H groups in total. The summed E-state index contributed by atoms with van der Waals surface area (Å²) in [5, 5.41) is 6.50. The Balaban J connectivity index is 2.08. The van der Waals surface area contributed by atoms with Crippen molar-refractivity contribution in [2.75, 3.05) is 27.2 Å². The number of benzene rings is 1. The van der Waals surface area contributed by atoms with Crippen molar-refractivity contribution in [2.24, 2.45) is 4.99 Å². The molecule has 1 heterocycles. The van der Waals surface area contributed by atoms with Crippen LogP contribution in [-0.2, 0) is 16.7 Å². The number of hydrogen-bond acceptors (Lipinski definition) is 4. The SMILES string of the molecule is CCNC(=NCC(C)(C)c1ccccc1)N(C)Cc1csc(C(C)OC)n1. The predicted molar refractivity (Wildman–Crippen MR) is 114 cm³/mol. The van der Waals surface area contributed by atoms with Gasteiger partial charge in [-0.15, -0.1) is 11.3 Å². The number of guanidine groups is 1. The summed E-state index contributed by atoms with van der Waals surface area (Å²) in [5.74, 6) is 0.899. The molecular formula is C21H32N4OS. The molecule has 0 radical (unpaired) electrons. The minimum atomic E-state index is -0.0233. The van der Waals surface area contributed by atoms with E-state index in [-0.39, 0.29) is 11.5 Å². The molecule has 0 fully saturated rings. The summed E-state index contributed by atoms with van der Waals surface area (Å²) in [6, 6.07) is 10.5. The molecule has 0 saturated carbocycles. The lowest BCUT2D eigenvalue weighted by Crippen LogP contribution is -2.39. The van der Waals surface area contributed by atoms with Crippen LogP contribution >= 0.6 is 11.3 Å². The molecule has 6 heteroatoms. The van der Waals surface area contributed by atoms with Crippen LogP contribution in [0.3, 0.4) is 0 Å². The third-order valence-corrected chi connectivity index (χ3v) is 5.60. The van der Waals surface area contributed by atoms with Crippen LogP contribution < -0.4 is 5.32 Å². The second kappa shape index (κ2) is 9.85. The van der Waals surface area contributed by atoms with Gasteiger partial charge in [0.1, 0.15) is 11.1 Å². The Morgan fingerprint density at radius 1 is 1.33 bits per heavy atom. The van der Waals surface area contributed by atoms with Crippen molar-refractivity contribution in [3.8, 4) is 0 Å². The van der Waals surface area contributed by atoms with Crippen LogP contribution in [0.15, 0.2) is 40.7 Å². The standard InChI is InChI=1S/C21H32N4OS/c1-7-22-20(23-15-21(3,4)17-11-9-8-10-12-17)25(5)13-18-14-27-19(24-18)16(2)26-6/h8-12,14,16H,7,13,15H2,1-6H3,(H,22,23). The number of rotatable bonds is 8. The molecule has 0 spiro atoms. The van der Waals surface area contributed by atoms with Gasteiger partial charge in [-0.2, -0.15) is 0 Å². The average Bonchev–Trinajstić information content (AvgIpc) is 3.13. The van der Waals surface area contributed by atoms with E-state index in [2.05, 4.69) is 72.7 Å². The Kier molecular flexibility index (Phi) is 7.80. The summed E-state index contributed by atoms with van der Waals surface area (Å²) in [6.07, 6.45) is 0.0302. The number of aliphatic imine (C=N–C) groups is 1. The first-order chi connectivity index (χ1) is 12.9. The molecule has 2 rings (SSSR count). The zero-order chi connectivity index (χ0) is 19.9. The summed E-state index contributed by atoms with van der Waals surface area (Å²) in [6.45, 7) is 10.8. The summed E-state index contributed by atoms with van der Waals surface area (Å²) in [7, 11) is 3.76. The van der Waals surface area contributed by atoms with E-state index in [1.54, 1.807) is 18.4 Å². The van der Waals surface area contributed by atoms with Crippen molar-refractivity contribution >= 4 is 17.3 Å². The van der Waals surface area contributed by atoms with E-state index in [1.807, 2.05) is 13.0 Å². The van der Waals surface area contributed by atoms with Gasteiger partial charge in [0.15, 0.2) is 5.96 Å². The number of thiazole rings is 1. The second-order valence-electron chi connectivity index (χ2n) is 7.33. The topological polar surface area (TPSA) is 49.8 Å². The first-order valence-corrected chi connectivity index (χ1v) is 10.3. The molecule has 1 unspecified atom stereocenters. The van der Waals surface area contributed by atoms with E-state index in [9.17, 15) is 0 Å². The zero-order valence-electron chi connectivity index (χ0n) is 17.3. The van der Waals surface area contributed by atoms with Crippen molar-refractivity contribution in [1.29, 1.82) is 0 Å². The van der Waals surface area contributed by atoms with Gasteiger partial charge in [-0.05, 0) is 19.4 Å². The predicted octanol–water partition coefficient (Wildman–Crippen LogP) is 4.23. The number of ether oxygens (including phenoxy) is 1. The fourth-order valence-electron chi connectivity index (χ4n) is 2.72. The number of aromatic nitrogens is 1. The molecule has 0 saturated heterocycles. The number of nitrogens with zero attached hydrogens (tertiary/aromatic N) is 3. The monoisotopic (exact) mass is 388 g/mol. The molecule has 27 heavy (non-hydrogen) atoms. The smallest absolute Gasteiger partial charge is 0.194 e. The van der Waals surface area contributed by atoms with E-state index in [1.165, 1.54) is 5.56 Å². The first-order valence-electron chi connectivity index (χ1n) is 9.39. The number of hydrogen-bond donors (Lipinski definition) is 1. The Morgan fingerprint density at radius 2 is 2.04 bits per heavy atom. The van der Waals surface area contributed by atoms with Crippen LogP contribution in [0.1, 0.15) is 50.1 Å². The van der Waals surface area contributed by atoms with E-state index in [0.29, 0.717) is 13.1 Å². The minimum absolute atomic E-state index is 0.0233. The number of methoxy groups -OCH3 is 1. The Morgan fingerprint density at radius 3 is 2.67 bits per heavy atom. The van der Waals surface area contributed by atoms with Crippen LogP contribution in [0.25, 0.3) is 0 Å². The summed E-state index contributed by atoms with van der Waals surface area (Å²) < 4.78 is 5.36. The third-order valence-electron chi connectivity index (χ3n) is 4.55. The van der Waals surface area contributed by atoms with E-state index >= 15 is 0 Å². The Bertz CT molecular complexity index is 727. The lowest BCUT2D eigenvalue weighted by Gasteiger charge is -2.26. The molecule has 148 valence electrons. The highest BCUT2D eigenvalue weighted by Gasteiger charge is 2.21. The average molecular weight is 389 g/mol. The fraction of sp³-hybridized carbons (Fsp3) is 0.524. The maximum atomic E-state index is 5.36. The minimum Gasteiger partial charge on any atom is -0.375 e. The molecule has 1 aromatic heterocycles. The molecule has 0 aliphatic rings. The largest absolute Gasteiger partial charge is 0.375 e. The summed E-state index contributed by atoms with van der Waals surface area (Å²) >= 11 is 1.64. The molecule has 5 nitrogen and oxygen atoms in total. The van der Waals surface area contributed by atoms with Crippen molar-refractivity contribution in [3.63, 3.8) is 0 Å². The lowest BCUT2D eigenvalue weighted by molar-refractivity contribution is 0.119. The van der Waals surface area contributed by atoms with E-state index < -0.39 is 0 Å². The molecule has 1 aromatic carbocycles. The van der Waals surface area contributed by atoms with Crippen molar-refractivity contribution in [2.45, 2.75) is 45.8 Å². The third kappa shape index (κ3) is 6.04. The molecular weight excluding hydrogens is 356 g/mol. The maximum absolute atomic E-state index is 5.36. The zero-order valence-corrected chi connectivity index (χ0v) is 18.1. The molecule has 2 aromatic rings. The first kappa shape index (κ1) is 21.4. The van der Waals surface area contributed by atoms with Crippen molar-refractivity contribution in [1.82, 2.24) is 15.2 Å². The lowest BCUT2D eigenvalue weighted by atomic mass is 9.85. The van der Waals surface area contributed by atoms with Gasteiger partial charge in [0.2, 0.25) is 0 Å². The van der Waals surface area contributed by atoms with Gasteiger partial charge in [-0.25, -0.2) is 4.98 Å². The molecule has 1 atom stereocenters. The highest BCUT2D eigenvalue weighted by molar-refractivity contribution is 7.09. The quantitative estimate of drug-likeness (QED) is 0.543. The summed E-state index contributed by atoms with van der Waals surface area (Å²) in [4.78, 5) is 11.7. The van der Waals surface area contributed by atoms with Crippen LogP contribution in [0.5, 0.6) is 0 Å². The van der Waals surface area contributed by atoms with E-state index in [4.69, 9.17) is 9.73 Å². The van der Waals surface area contributed by atoms with Gasteiger partial charge in [0.25, 0.3) is 0 Å². The molecule has 0 aliphatic heterocycles. The van der Waals surface area contributed by atoms with Crippen LogP contribution in [-0.4, -0.2) is 43.1 Å². The van der Waals surface area contributed by atoms with Gasteiger partial charge in [0.05, 0.1) is 18.8 Å².